The van der Waals surface area contributed by atoms with E-state index in [0.29, 0.717) is 5.02 Å². The Bertz CT molecular complexity index is 685. The van der Waals surface area contributed by atoms with E-state index in [1.165, 1.54) is 5.56 Å². The molecule has 0 amide bonds. The normalized spacial score (nSPS) is 11.0. The number of hydrogen-bond acceptors (Lipinski definition) is 5. The molecule has 3 aromatic rings. The van der Waals surface area contributed by atoms with Crippen molar-refractivity contribution in [1.82, 2.24) is 15.0 Å². The summed E-state index contributed by atoms with van der Waals surface area (Å²) in [5.41, 5.74) is 2.02. The first kappa shape index (κ1) is 12.8. The predicted octanol–water partition coefficient (Wildman–Crippen LogP) is 4.07. The lowest BCUT2D eigenvalue weighted by Crippen LogP contribution is -1.88. The molecule has 0 unspecified atom stereocenters. The summed E-state index contributed by atoms with van der Waals surface area (Å²) < 4.78 is 2.07. The molecular weight excluding hydrogens is 298 g/mol. The summed E-state index contributed by atoms with van der Waals surface area (Å²) in [5.74, 6) is 0.985. The Morgan fingerprint density at radius 3 is 3.11 bits per heavy atom. The number of halogens is 1. The number of hydrogen-bond donors (Lipinski definition) is 0. The Hall–Kier alpha value is -1.17. The second-order valence-corrected chi connectivity index (χ2v) is 6.72. The Balaban J connectivity index is 1.65. The van der Waals surface area contributed by atoms with Crippen molar-refractivity contribution in [3.63, 3.8) is 0 Å². The fourth-order valence-corrected chi connectivity index (χ4v) is 3.98. The topological polar surface area (TPSA) is 38.7 Å². The van der Waals surface area contributed by atoms with Gasteiger partial charge in [0.1, 0.15) is 0 Å². The molecule has 0 N–H and O–H groups in total. The molecule has 0 aliphatic rings. The lowest BCUT2D eigenvalue weighted by Gasteiger charge is -1.97. The van der Waals surface area contributed by atoms with Crippen LogP contribution in [0.4, 0.5) is 0 Å². The first-order valence-corrected chi connectivity index (χ1v) is 7.93. The van der Waals surface area contributed by atoms with Crippen LogP contribution in [0.1, 0.15) is 5.56 Å². The molecule has 0 saturated heterocycles. The molecular formula is C13H10ClN3S2. The summed E-state index contributed by atoms with van der Waals surface area (Å²) in [6.07, 6.45) is 6.32. The predicted molar refractivity (Wildman–Crippen MR) is 81.1 cm³/mol. The molecule has 0 atom stereocenters. The molecule has 0 aromatic carbocycles. The maximum Gasteiger partial charge on any atom is 0.171 e. The second kappa shape index (κ2) is 5.86. The molecule has 0 spiro atoms. The summed E-state index contributed by atoms with van der Waals surface area (Å²) in [6, 6.07) is 5.96. The number of rotatable bonds is 4. The molecule has 19 heavy (non-hydrogen) atoms. The number of nitrogens with zero attached hydrogens (tertiary/aromatic N) is 3. The SMILES string of the molecule is Clc1cnc2nc(SCCc3cccnc3)sc2c1. The monoisotopic (exact) mass is 307 g/mol. The van der Waals surface area contributed by atoms with Crippen molar-refractivity contribution in [2.75, 3.05) is 5.75 Å². The summed E-state index contributed by atoms with van der Waals surface area (Å²) in [6.45, 7) is 0. The number of aryl methyl sites for hydroxylation is 1. The number of thioether (sulfide) groups is 1. The molecule has 0 fully saturated rings. The molecule has 0 radical (unpaired) electrons. The molecule has 0 aliphatic carbocycles. The average Bonchev–Trinajstić information content (AvgIpc) is 2.82. The lowest BCUT2D eigenvalue weighted by atomic mass is 10.2. The van der Waals surface area contributed by atoms with E-state index < -0.39 is 0 Å². The summed E-state index contributed by atoms with van der Waals surface area (Å²) in [5, 5.41) is 0.656. The van der Waals surface area contributed by atoms with E-state index in [1.54, 1.807) is 35.5 Å². The number of thiazole rings is 1. The Labute approximate surface area is 124 Å². The first-order valence-electron chi connectivity index (χ1n) is 5.75. The summed E-state index contributed by atoms with van der Waals surface area (Å²) in [7, 11) is 0. The third-order valence-electron chi connectivity index (χ3n) is 2.53. The van der Waals surface area contributed by atoms with Crippen LogP contribution in [0.15, 0.2) is 41.1 Å². The number of fused-ring (bicyclic) bond motifs is 1. The van der Waals surface area contributed by atoms with Crippen LogP contribution >= 0.6 is 34.7 Å². The van der Waals surface area contributed by atoms with Gasteiger partial charge in [-0.05, 0) is 24.1 Å². The van der Waals surface area contributed by atoms with Gasteiger partial charge in [-0.1, -0.05) is 29.4 Å². The van der Waals surface area contributed by atoms with Crippen LogP contribution in [0, 0.1) is 0 Å². The first-order chi connectivity index (χ1) is 9.31. The molecule has 96 valence electrons. The van der Waals surface area contributed by atoms with E-state index in [0.717, 1.165) is 26.9 Å². The molecule has 3 aromatic heterocycles. The fraction of sp³-hybridized carbons (Fsp3) is 0.154. The second-order valence-electron chi connectivity index (χ2n) is 3.91. The minimum absolute atomic E-state index is 0.656. The van der Waals surface area contributed by atoms with Crippen molar-refractivity contribution in [3.8, 4) is 0 Å². The third-order valence-corrected chi connectivity index (χ3v) is 4.88. The van der Waals surface area contributed by atoms with E-state index in [-0.39, 0.29) is 0 Å². The van der Waals surface area contributed by atoms with Gasteiger partial charge in [0.2, 0.25) is 0 Å². The fourth-order valence-electron chi connectivity index (χ4n) is 1.64. The van der Waals surface area contributed by atoms with E-state index >= 15 is 0 Å². The van der Waals surface area contributed by atoms with Gasteiger partial charge in [-0.3, -0.25) is 4.98 Å². The maximum absolute atomic E-state index is 5.91. The van der Waals surface area contributed by atoms with E-state index in [1.807, 2.05) is 18.3 Å². The van der Waals surface area contributed by atoms with Crippen LogP contribution < -0.4 is 0 Å². The molecule has 0 saturated carbocycles. The van der Waals surface area contributed by atoms with Crippen LogP contribution in [0.3, 0.4) is 0 Å². The zero-order valence-electron chi connectivity index (χ0n) is 9.91. The zero-order chi connectivity index (χ0) is 13.1. The van der Waals surface area contributed by atoms with Crippen molar-refractivity contribution in [2.24, 2.45) is 0 Å². The van der Waals surface area contributed by atoms with E-state index in [2.05, 4.69) is 21.0 Å². The number of pyridine rings is 2. The van der Waals surface area contributed by atoms with Crippen molar-refractivity contribution in [2.45, 2.75) is 10.8 Å². The van der Waals surface area contributed by atoms with Crippen LogP contribution in [0.25, 0.3) is 10.3 Å². The van der Waals surface area contributed by atoms with Crippen molar-refractivity contribution >= 4 is 45.0 Å². The van der Waals surface area contributed by atoms with Crippen LogP contribution in [-0.2, 0) is 6.42 Å². The van der Waals surface area contributed by atoms with Crippen LogP contribution in [0.2, 0.25) is 5.02 Å². The Kier molecular flexibility index (Phi) is 3.96. The van der Waals surface area contributed by atoms with Crippen molar-refractivity contribution < 1.29 is 0 Å². The van der Waals surface area contributed by atoms with Gasteiger partial charge in [0.05, 0.1) is 9.72 Å². The van der Waals surface area contributed by atoms with Gasteiger partial charge in [0.25, 0.3) is 0 Å². The number of aromatic nitrogens is 3. The molecule has 6 heteroatoms. The van der Waals surface area contributed by atoms with Gasteiger partial charge in [0.15, 0.2) is 9.99 Å². The standard InChI is InChI=1S/C13H10ClN3S2/c14-10-6-11-12(16-8-10)17-13(19-11)18-5-3-9-2-1-4-15-7-9/h1-2,4,6-8H,3,5H2. The van der Waals surface area contributed by atoms with Gasteiger partial charge >= 0.3 is 0 Å². The third kappa shape index (κ3) is 3.23. The highest BCUT2D eigenvalue weighted by Gasteiger charge is 2.06. The molecule has 3 heterocycles. The van der Waals surface area contributed by atoms with E-state index in [4.69, 9.17) is 11.6 Å². The molecule has 3 nitrogen and oxygen atoms in total. The average molecular weight is 308 g/mol. The quantitative estimate of drug-likeness (QED) is 0.681. The van der Waals surface area contributed by atoms with Gasteiger partial charge in [-0.25, -0.2) is 9.97 Å². The molecule has 0 aliphatic heterocycles. The maximum atomic E-state index is 5.91. The highest BCUT2D eigenvalue weighted by Crippen LogP contribution is 2.30. The van der Waals surface area contributed by atoms with E-state index in [9.17, 15) is 0 Å². The van der Waals surface area contributed by atoms with Gasteiger partial charge in [0, 0.05) is 24.3 Å². The van der Waals surface area contributed by atoms with Crippen molar-refractivity contribution in [3.05, 3.63) is 47.4 Å². The largest absolute Gasteiger partial charge is 0.264 e. The van der Waals surface area contributed by atoms with Gasteiger partial charge in [-0.15, -0.1) is 11.3 Å². The highest BCUT2D eigenvalue weighted by atomic mass is 35.5. The Morgan fingerprint density at radius 2 is 2.26 bits per heavy atom. The molecule has 0 bridgehead atoms. The lowest BCUT2D eigenvalue weighted by molar-refractivity contribution is 1.11. The van der Waals surface area contributed by atoms with Crippen molar-refractivity contribution in [1.29, 1.82) is 0 Å². The Morgan fingerprint density at radius 1 is 1.32 bits per heavy atom. The minimum Gasteiger partial charge on any atom is -0.264 e. The smallest absolute Gasteiger partial charge is 0.171 e. The summed E-state index contributed by atoms with van der Waals surface area (Å²) in [4.78, 5) is 12.8. The molecule has 3 rings (SSSR count). The minimum atomic E-state index is 0.656. The van der Waals surface area contributed by atoms with Crippen LogP contribution in [0.5, 0.6) is 0 Å². The highest BCUT2D eigenvalue weighted by molar-refractivity contribution is 8.01. The summed E-state index contributed by atoms with van der Waals surface area (Å²) >= 11 is 9.29. The zero-order valence-corrected chi connectivity index (χ0v) is 12.3. The van der Waals surface area contributed by atoms with Gasteiger partial charge < -0.3 is 0 Å². The van der Waals surface area contributed by atoms with Gasteiger partial charge in [-0.2, -0.15) is 0 Å². The van der Waals surface area contributed by atoms with Crippen LogP contribution in [-0.4, -0.2) is 20.7 Å².